The molecular formula is C21H21ClFN7O. The molecule has 160 valence electrons. The zero-order valence-electron chi connectivity index (χ0n) is 16.7. The number of piperazine rings is 1. The Morgan fingerprint density at radius 2 is 2.16 bits per heavy atom. The largest absolute Gasteiger partial charge is 0.492 e. The summed E-state index contributed by atoms with van der Waals surface area (Å²) >= 11 is 6.22. The molecule has 0 amide bonds. The highest BCUT2D eigenvalue weighted by atomic mass is 35.5. The van der Waals surface area contributed by atoms with Crippen molar-refractivity contribution in [1.29, 1.82) is 0 Å². The van der Waals surface area contributed by atoms with Gasteiger partial charge < -0.3 is 20.3 Å². The van der Waals surface area contributed by atoms with Gasteiger partial charge in [0.15, 0.2) is 11.6 Å². The summed E-state index contributed by atoms with van der Waals surface area (Å²) in [5.41, 5.74) is 1.32. The van der Waals surface area contributed by atoms with E-state index in [4.69, 9.17) is 21.3 Å². The van der Waals surface area contributed by atoms with Crippen molar-refractivity contribution in [2.24, 2.45) is 5.92 Å². The molecule has 1 aliphatic carbocycles. The summed E-state index contributed by atoms with van der Waals surface area (Å²) in [6.07, 6.45) is 6.49. The van der Waals surface area contributed by atoms with E-state index in [-0.39, 0.29) is 10.7 Å². The third-order valence-electron chi connectivity index (χ3n) is 6.15. The van der Waals surface area contributed by atoms with Gasteiger partial charge in [0.1, 0.15) is 28.1 Å². The first-order valence-electron chi connectivity index (χ1n) is 10.5. The Labute approximate surface area is 183 Å². The maximum absolute atomic E-state index is 14.9. The molecule has 4 heterocycles. The summed E-state index contributed by atoms with van der Waals surface area (Å²) in [6.45, 7) is 2.37. The van der Waals surface area contributed by atoms with E-state index in [0.29, 0.717) is 53.2 Å². The van der Waals surface area contributed by atoms with Crippen molar-refractivity contribution in [1.82, 2.24) is 25.3 Å². The van der Waals surface area contributed by atoms with Crippen LogP contribution in [-0.2, 0) is 0 Å². The number of halogens is 2. The summed E-state index contributed by atoms with van der Waals surface area (Å²) in [5.74, 6) is 1.37. The van der Waals surface area contributed by atoms with Crippen molar-refractivity contribution in [2.45, 2.75) is 31.3 Å². The molecule has 1 saturated carbocycles. The van der Waals surface area contributed by atoms with E-state index in [9.17, 15) is 4.39 Å². The van der Waals surface area contributed by atoms with Crippen molar-refractivity contribution in [2.75, 3.05) is 29.9 Å². The fourth-order valence-corrected chi connectivity index (χ4v) is 4.46. The molecule has 3 aromatic rings. The first kappa shape index (κ1) is 18.9. The summed E-state index contributed by atoms with van der Waals surface area (Å²) in [5, 5.41) is 6.46. The Hall–Kier alpha value is -2.78. The van der Waals surface area contributed by atoms with E-state index in [2.05, 4.69) is 30.5 Å². The molecule has 1 aromatic carbocycles. The average molecular weight is 442 g/mol. The van der Waals surface area contributed by atoms with Crippen molar-refractivity contribution in [3.05, 3.63) is 35.5 Å². The molecular weight excluding hydrogens is 421 g/mol. The highest BCUT2D eigenvalue weighted by Crippen LogP contribution is 2.36. The predicted octanol–water partition coefficient (Wildman–Crippen LogP) is 3.30. The minimum absolute atomic E-state index is 0.0417. The second-order valence-corrected chi connectivity index (χ2v) is 8.77. The lowest BCUT2D eigenvalue weighted by Gasteiger charge is -2.27. The number of nitrogens with zero attached hydrogens (tertiary/aromatic N) is 5. The van der Waals surface area contributed by atoms with Crippen LogP contribution in [-0.4, -0.2) is 51.7 Å². The molecule has 3 aliphatic rings. The maximum Gasteiger partial charge on any atom is 0.226 e. The van der Waals surface area contributed by atoms with Crippen molar-refractivity contribution >= 4 is 40.1 Å². The zero-order valence-corrected chi connectivity index (χ0v) is 17.4. The van der Waals surface area contributed by atoms with Crippen LogP contribution in [0.25, 0.3) is 11.0 Å². The van der Waals surface area contributed by atoms with Crippen molar-refractivity contribution < 1.29 is 9.13 Å². The average Bonchev–Trinajstić information content (AvgIpc) is 3.37. The van der Waals surface area contributed by atoms with Gasteiger partial charge in [-0.3, -0.25) is 0 Å². The highest BCUT2D eigenvalue weighted by molar-refractivity contribution is 6.32. The standard InChI is InChI=1S/C21H21ClFN7O/c22-17-16(31-9-11-1-2-11)4-3-14(18(17)23)28-20-19-15(26-10-27-20)7-25-21(29-19)30-8-12-5-13(30)6-24-12/h3-4,7,10-13,24H,1-2,5-6,8-9H2,(H,26,27,28)/t12-,13-/m0/s1. The zero-order chi connectivity index (χ0) is 20.9. The van der Waals surface area contributed by atoms with Crippen molar-refractivity contribution in [3.8, 4) is 5.75 Å². The Bertz CT molecular complexity index is 1160. The number of aromatic nitrogens is 4. The summed E-state index contributed by atoms with van der Waals surface area (Å²) < 4.78 is 20.6. The highest BCUT2D eigenvalue weighted by Gasteiger charge is 2.39. The topological polar surface area (TPSA) is 88.1 Å². The van der Waals surface area contributed by atoms with Crippen LogP contribution in [0.5, 0.6) is 5.75 Å². The summed E-state index contributed by atoms with van der Waals surface area (Å²) in [7, 11) is 0. The fourth-order valence-electron chi connectivity index (χ4n) is 4.24. The summed E-state index contributed by atoms with van der Waals surface area (Å²) in [4.78, 5) is 20.0. The van der Waals surface area contributed by atoms with Gasteiger partial charge in [0.25, 0.3) is 0 Å². The van der Waals surface area contributed by atoms with Crippen LogP contribution in [0.15, 0.2) is 24.7 Å². The first-order chi connectivity index (χ1) is 15.2. The van der Waals surface area contributed by atoms with Crippen LogP contribution in [0, 0.1) is 11.7 Å². The Balaban J connectivity index is 1.30. The van der Waals surface area contributed by atoms with E-state index in [1.807, 2.05) is 0 Å². The van der Waals surface area contributed by atoms with Gasteiger partial charge in [0, 0.05) is 25.2 Å². The molecule has 2 N–H and O–H groups in total. The maximum atomic E-state index is 14.9. The van der Waals surface area contributed by atoms with Gasteiger partial charge in [0.2, 0.25) is 5.95 Å². The van der Waals surface area contributed by atoms with E-state index >= 15 is 0 Å². The number of hydrogen-bond donors (Lipinski definition) is 2. The van der Waals surface area contributed by atoms with Gasteiger partial charge in [-0.15, -0.1) is 0 Å². The van der Waals surface area contributed by atoms with Crippen LogP contribution in [0.1, 0.15) is 19.3 Å². The molecule has 2 atom stereocenters. The van der Waals surface area contributed by atoms with Gasteiger partial charge >= 0.3 is 0 Å². The third-order valence-corrected chi connectivity index (χ3v) is 6.50. The van der Waals surface area contributed by atoms with Crippen LogP contribution < -0.4 is 20.3 Å². The Morgan fingerprint density at radius 3 is 2.94 bits per heavy atom. The second-order valence-electron chi connectivity index (χ2n) is 8.39. The predicted molar refractivity (Wildman–Crippen MR) is 116 cm³/mol. The van der Waals surface area contributed by atoms with Crippen molar-refractivity contribution in [3.63, 3.8) is 0 Å². The lowest BCUT2D eigenvalue weighted by molar-refractivity contribution is 0.298. The summed E-state index contributed by atoms with van der Waals surface area (Å²) in [6, 6.07) is 4.15. The van der Waals surface area contributed by atoms with Gasteiger partial charge in [-0.05, 0) is 37.3 Å². The monoisotopic (exact) mass is 441 g/mol. The fraction of sp³-hybridized carbons (Fsp3) is 0.429. The number of benzene rings is 1. The normalized spacial score (nSPS) is 22.3. The van der Waals surface area contributed by atoms with Gasteiger partial charge in [-0.25, -0.2) is 24.3 Å². The molecule has 31 heavy (non-hydrogen) atoms. The number of hydrogen-bond acceptors (Lipinski definition) is 8. The lowest BCUT2D eigenvalue weighted by Crippen LogP contribution is -2.44. The Kier molecular flexibility index (Phi) is 4.53. The van der Waals surface area contributed by atoms with Gasteiger partial charge in [-0.1, -0.05) is 11.6 Å². The number of anilines is 3. The smallest absolute Gasteiger partial charge is 0.226 e. The molecule has 2 aliphatic heterocycles. The minimum atomic E-state index is -0.584. The van der Waals surface area contributed by atoms with E-state index in [1.165, 1.54) is 6.33 Å². The van der Waals surface area contributed by atoms with E-state index in [1.54, 1.807) is 18.3 Å². The molecule has 8 nitrogen and oxygen atoms in total. The van der Waals surface area contributed by atoms with Crippen LogP contribution in [0.3, 0.4) is 0 Å². The Morgan fingerprint density at radius 1 is 1.26 bits per heavy atom. The molecule has 2 aromatic heterocycles. The molecule has 2 saturated heterocycles. The van der Waals surface area contributed by atoms with Crippen LogP contribution in [0.2, 0.25) is 5.02 Å². The van der Waals surface area contributed by atoms with E-state index in [0.717, 1.165) is 32.4 Å². The SMILES string of the molecule is Fc1c(Nc2ncnc3cnc(N4C[C@@H]5C[C@H]4CN5)nc23)ccc(OCC2CC2)c1Cl. The molecule has 0 radical (unpaired) electrons. The first-order valence-corrected chi connectivity index (χ1v) is 10.9. The molecule has 2 bridgehead atoms. The number of nitrogens with one attached hydrogen (secondary N) is 2. The van der Waals surface area contributed by atoms with E-state index < -0.39 is 5.82 Å². The molecule has 6 rings (SSSR count). The molecule has 3 fully saturated rings. The lowest BCUT2D eigenvalue weighted by atomic mass is 10.2. The molecule has 0 unspecified atom stereocenters. The molecule has 10 heteroatoms. The van der Waals surface area contributed by atoms with Crippen LogP contribution >= 0.6 is 11.6 Å². The van der Waals surface area contributed by atoms with Gasteiger partial charge in [-0.2, -0.15) is 0 Å². The molecule has 0 spiro atoms. The number of rotatable bonds is 6. The van der Waals surface area contributed by atoms with Gasteiger partial charge in [0.05, 0.1) is 18.5 Å². The third kappa shape index (κ3) is 3.51. The second kappa shape index (κ2) is 7.42. The number of fused-ring (bicyclic) bond motifs is 3. The quantitative estimate of drug-likeness (QED) is 0.602. The van der Waals surface area contributed by atoms with Crippen LogP contribution in [0.4, 0.5) is 21.8 Å². The minimum Gasteiger partial charge on any atom is -0.492 e. The number of ether oxygens (including phenoxy) is 1.